The van der Waals surface area contributed by atoms with Gasteiger partial charge in [0.05, 0.1) is 36.3 Å². The highest BCUT2D eigenvalue weighted by Crippen LogP contribution is 2.57. The molecule has 6 rings (SSSR count). The summed E-state index contributed by atoms with van der Waals surface area (Å²) in [6, 6.07) is 12.7. The summed E-state index contributed by atoms with van der Waals surface area (Å²) in [5, 5.41) is 18.0. The van der Waals surface area contributed by atoms with Crippen LogP contribution in [0.4, 0.5) is 18.9 Å². The molecule has 1 atom stereocenters. The first kappa shape index (κ1) is 28.4. The van der Waals surface area contributed by atoms with Crippen LogP contribution in [-0.2, 0) is 42.9 Å². The number of carbonyl (C=O) groups is 1. The van der Waals surface area contributed by atoms with Gasteiger partial charge in [-0.2, -0.15) is 18.4 Å². The van der Waals surface area contributed by atoms with Gasteiger partial charge in [-0.1, -0.05) is 12.1 Å². The van der Waals surface area contributed by atoms with Crippen molar-refractivity contribution in [1.29, 1.82) is 5.26 Å². The summed E-state index contributed by atoms with van der Waals surface area (Å²) in [6.45, 7) is 5.78. The average Bonchev–Trinajstić information content (AvgIpc) is 3.48. The molecule has 1 aromatic heterocycles. The minimum atomic E-state index is -4.59. The van der Waals surface area contributed by atoms with E-state index in [2.05, 4.69) is 21.2 Å². The number of nitriles is 1. The van der Waals surface area contributed by atoms with Gasteiger partial charge in [-0.25, -0.2) is 0 Å². The van der Waals surface area contributed by atoms with E-state index in [1.54, 1.807) is 18.5 Å². The van der Waals surface area contributed by atoms with Crippen molar-refractivity contribution in [2.24, 2.45) is 12.5 Å². The quantitative estimate of drug-likeness (QED) is 0.408. The number of aromatic nitrogens is 3. The highest BCUT2D eigenvalue weighted by molar-refractivity contribution is 6.10. The number of hydrogen-bond donors (Lipinski definition) is 0. The second-order valence-corrected chi connectivity index (χ2v) is 12.4. The first-order valence-electron chi connectivity index (χ1n) is 14.1. The predicted octanol–water partition coefficient (Wildman–Crippen LogP) is 5.02. The lowest BCUT2D eigenvalue weighted by molar-refractivity contribution is -0.138. The van der Waals surface area contributed by atoms with Crippen LogP contribution in [0.5, 0.6) is 0 Å². The van der Waals surface area contributed by atoms with Crippen LogP contribution in [0.3, 0.4) is 0 Å². The van der Waals surface area contributed by atoms with Crippen molar-refractivity contribution in [2.45, 2.75) is 63.9 Å². The van der Waals surface area contributed by atoms with E-state index in [0.29, 0.717) is 56.8 Å². The number of carbonyl (C=O) groups excluding carboxylic acids is 1. The number of anilines is 1. The van der Waals surface area contributed by atoms with Crippen LogP contribution in [0.2, 0.25) is 0 Å². The van der Waals surface area contributed by atoms with E-state index in [4.69, 9.17) is 4.74 Å². The van der Waals surface area contributed by atoms with E-state index in [1.807, 2.05) is 43.7 Å². The third kappa shape index (κ3) is 5.07. The molecule has 0 bridgehead atoms. The molecule has 3 heterocycles. The Kier molecular flexibility index (Phi) is 6.90. The Morgan fingerprint density at radius 3 is 2.67 bits per heavy atom. The zero-order valence-electron chi connectivity index (χ0n) is 23.9. The molecular formula is C31H33F3N6O2. The van der Waals surface area contributed by atoms with Crippen molar-refractivity contribution in [3.8, 4) is 6.07 Å². The Hall–Kier alpha value is -3.75. The third-order valence-electron chi connectivity index (χ3n) is 8.94. The van der Waals surface area contributed by atoms with E-state index in [-0.39, 0.29) is 23.8 Å². The molecule has 42 heavy (non-hydrogen) atoms. The molecular weight excluding hydrogens is 545 g/mol. The minimum absolute atomic E-state index is 0.00156. The van der Waals surface area contributed by atoms with Gasteiger partial charge in [0.15, 0.2) is 0 Å². The van der Waals surface area contributed by atoms with Crippen molar-refractivity contribution in [3.05, 3.63) is 76.4 Å². The molecule has 1 saturated carbocycles. The normalized spacial score (nSPS) is 26.2. The summed E-state index contributed by atoms with van der Waals surface area (Å²) in [5.74, 6) is 0.338. The van der Waals surface area contributed by atoms with Crippen LogP contribution in [0.15, 0.2) is 42.7 Å². The highest BCUT2D eigenvalue weighted by Gasteiger charge is 2.54. The Bertz CT molecular complexity index is 1570. The zero-order valence-corrected chi connectivity index (χ0v) is 23.9. The minimum Gasteiger partial charge on any atom is -0.376 e. The number of rotatable bonds is 6. The van der Waals surface area contributed by atoms with E-state index in [0.717, 1.165) is 11.4 Å². The Labute approximate surface area is 242 Å². The second kappa shape index (κ2) is 10.2. The number of fused-ring (bicyclic) bond motifs is 1. The van der Waals surface area contributed by atoms with Gasteiger partial charge in [-0.15, -0.1) is 10.2 Å². The van der Waals surface area contributed by atoms with Gasteiger partial charge < -0.3 is 14.2 Å². The van der Waals surface area contributed by atoms with Gasteiger partial charge in [0.2, 0.25) is 0 Å². The molecule has 0 spiro atoms. The van der Waals surface area contributed by atoms with Crippen LogP contribution in [-0.4, -0.2) is 51.4 Å². The topological polar surface area (TPSA) is 87.3 Å². The predicted molar refractivity (Wildman–Crippen MR) is 148 cm³/mol. The second-order valence-electron chi connectivity index (χ2n) is 12.4. The van der Waals surface area contributed by atoms with E-state index < -0.39 is 28.5 Å². The number of amides is 1. The fourth-order valence-corrected chi connectivity index (χ4v) is 7.04. The molecule has 1 saturated heterocycles. The Morgan fingerprint density at radius 2 is 2.00 bits per heavy atom. The fourth-order valence-electron chi connectivity index (χ4n) is 7.04. The Morgan fingerprint density at radius 1 is 1.21 bits per heavy atom. The molecule has 8 nitrogen and oxygen atoms in total. The molecule has 0 unspecified atom stereocenters. The Balaban J connectivity index is 1.33. The van der Waals surface area contributed by atoms with Crippen LogP contribution >= 0.6 is 0 Å². The molecule has 3 aromatic rings. The molecule has 0 radical (unpaired) electrons. The highest BCUT2D eigenvalue weighted by atomic mass is 19.4. The lowest BCUT2D eigenvalue weighted by Gasteiger charge is -2.51. The number of hydrogen-bond acceptors (Lipinski definition) is 6. The van der Waals surface area contributed by atoms with Crippen LogP contribution in [0.1, 0.15) is 65.1 Å². The summed E-state index contributed by atoms with van der Waals surface area (Å²) in [7, 11) is 1.87. The molecule has 2 fully saturated rings. The largest absolute Gasteiger partial charge is 0.416 e. The number of ether oxygens (including phenoxy) is 1. The third-order valence-corrected chi connectivity index (χ3v) is 8.94. The number of aryl methyl sites for hydroxylation is 1. The van der Waals surface area contributed by atoms with Crippen molar-refractivity contribution in [2.75, 3.05) is 24.6 Å². The first-order chi connectivity index (χ1) is 19.9. The van der Waals surface area contributed by atoms with Gasteiger partial charge in [0.1, 0.15) is 12.2 Å². The van der Waals surface area contributed by atoms with Gasteiger partial charge in [-0.05, 0) is 67.6 Å². The number of morpholine rings is 1. The van der Waals surface area contributed by atoms with Crippen LogP contribution < -0.4 is 4.90 Å². The van der Waals surface area contributed by atoms with Gasteiger partial charge >= 0.3 is 6.18 Å². The maximum absolute atomic E-state index is 14.3. The summed E-state index contributed by atoms with van der Waals surface area (Å²) in [4.78, 5) is 17.2. The van der Waals surface area contributed by atoms with Gasteiger partial charge in [0.25, 0.3) is 5.91 Å². The van der Waals surface area contributed by atoms with Crippen molar-refractivity contribution in [1.82, 2.24) is 19.7 Å². The standard InChI is InChI=1S/C31H33F3N6O2/c1-20-13-39(7-8-42-20)14-21-9-24-25(26(10-21)31(32,33)34)15-40(28(24)41)23-6-4-5-22(11-23)30(16-29(2,17-30)18-35)12-27-37-36-19-38(27)3/h4-6,9-11,19-20H,7-8,12-17H2,1-3H3/t20-,29-,30+/m1/s1. The van der Waals surface area contributed by atoms with E-state index in [1.165, 1.54) is 11.0 Å². The summed E-state index contributed by atoms with van der Waals surface area (Å²) >= 11 is 0. The molecule has 2 aliphatic heterocycles. The molecule has 2 aromatic carbocycles. The molecule has 1 aliphatic carbocycles. The molecule has 1 amide bonds. The van der Waals surface area contributed by atoms with Crippen molar-refractivity contribution < 1.29 is 22.7 Å². The molecule has 11 heteroatoms. The number of nitrogens with zero attached hydrogens (tertiary/aromatic N) is 6. The average molecular weight is 579 g/mol. The van der Waals surface area contributed by atoms with Gasteiger partial charge in [0, 0.05) is 49.8 Å². The van der Waals surface area contributed by atoms with Crippen molar-refractivity contribution in [3.63, 3.8) is 0 Å². The summed E-state index contributed by atoms with van der Waals surface area (Å²) < 4.78 is 50.4. The van der Waals surface area contributed by atoms with Crippen LogP contribution in [0, 0.1) is 16.7 Å². The first-order valence-corrected chi connectivity index (χ1v) is 14.1. The lowest BCUT2D eigenvalue weighted by atomic mass is 9.50. The summed E-state index contributed by atoms with van der Waals surface area (Å²) in [6.07, 6.45) is -1.21. The SMILES string of the molecule is C[C@@H]1CN(Cc2cc3c(c(C(F)(F)F)c2)CN(c2cccc([C@]4(Cc5nncn5C)C[C@](C)(C#N)C4)c2)C3=O)CCO1. The lowest BCUT2D eigenvalue weighted by Crippen LogP contribution is -2.49. The van der Waals surface area contributed by atoms with Gasteiger partial charge in [-0.3, -0.25) is 9.69 Å². The summed E-state index contributed by atoms with van der Waals surface area (Å²) in [5.41, 5.74) is 0.373. The smallest absolute Gasteiger partial charge is 0.376 e. The van der Waals surface area contributed by atoms with E-state index in [9.17, 15) is 23.2 Å². The zero-order chi connectivity index (χ0) is 29.9. The van der Waals surface area contributed by atoms with Crippen molar-refractivity contribution >= 4 is 11.6 Å². The van der Waals surface area contributed by atoms with Crippen LogP contribution in [0.25, 0.3) is 0 Å². The monoisotopic (exact) mass is 578 g/mol. The fraction of sp³-hybridized carbons (Fsp3) is 0.484. The maximum Gasteiger partial charge on any atom is 0.416 e. The molecule has 0 N–H and O–H groups in total. The number of alkyl halides is 3. The number of benzene rings is 2. The maximum atomic E-state index is 14.3. The van der Waals surface area contributed by atoms with E-state index >= 15 is 0 Å². The number of halogens is 3. The molecule has 3 aliphatic rings. The molecule has 220 valence electrons.